The van der Waals surface area contributed by atoms with E-state index >= 15 is 0 Å². The summed E-state index contributed by atoms with van der Waals surface area (Å²) in [5.41, 5.74) is 4.56. The van der Waals surface area contributed by atoms with E-state index < -0.39 is 16.3 Å². The van der Waals surface area contributed by atoms with Crippen molar-refractivity contribution in [3.8, 4) is 16.9 Å². The van der Waals surface area contributed by atoms with Crippen LogP contribution in [-0.4, -0.2) is 54.1 Å². The van der Waals surface area contributed by atoms with Crippen molar-refractivity contribution in [2.75, 3.05) is 20.2 Å². The lowest BCUT2D eigenvalue weighted by atomic mass is 9.97. The van der Waals surface area contributed by atoms with Gasteiger partial charge in [0.15, 0.2) is 0 Å². The fourth-order valence-electron chi connectivity index (χ4n) is 3.98. The maximum Gasteiger partial charge on any atom is 0.419 e. The average molecular weight is 460 g/mol. The van der Waals surface area contributed by atoms with E-state index in [2.05, 4.69) is 9.97 Å². The van der Waals surface area contributed by atoms with E-state index in [4.69, 9.17) is 9.84 Å². The van der Waals surface area contributed by atoms with Gasteiger partial charge in [-0.25, -0.2) is 18.9 Å². The molecule has 4 rings (SSSR count). The Labute approximate surface area is 183 Å². The number of pyridine rings is 1. The fraction of sp³-hybridized carbons (Fsp3) is 0.238. The summed E-state index contributed by atoms with van der Waals surface area (Å²) >= 11 is 0. The lowest BCUT2D eigenvalue weighted by molar-refractivity contribution is 0.200. The molecule has 1 aliphatic rings. The van der Waals surface area contributed by atoms with Gasteiger partial charge < -0.3 is 14.8 Å². The van der Waals surface area contributed by atoms with Gasteiger partial charge in [0.2, 0.25) is 0 Å². The first-order valence-electron chi connectivity index (χ1n) is 9.72. The van der Waals surface area contributed by atoms with Gasteiger partial charge in [-0.05, 0) is 54.3 Å². The summed E-state index contributed by atoms with van der Waals surface area (Å²) in [6, 6.07) is 6.12. The predicted molar refractivity (Wildman–Crippen MR) is 117 cm³/mol. The number of carbonyl (C=O) groups is 1. The molecule has 9 nitrogen and oxygen atoms in total. The smallest absolute Gasteiger partial charge is 0.419 e. The van der Waals surface area contributed by atoms with Crippen LogP contribution in [0, 0.1) is 12.7 Å². The molecule has 11 heteroatoms. The zero-order valence-corrected chi connectivity index (χ0v) is 18.2. The van der Waals surface area contributed by atoms with Crippen molar-refractivity contribution in [2.45, 2.75) is 13.3 Å². The number of amides is 1. The number of halogens is 1. The summed E-state index contributed by atoms with van der Waals surface area (Å²) in [6.07, 6.45) is 2.12. The minimum atomic E-state index is -4.11. The molecule has 0 bridgehead atoms. The van der Waals surface area contributed by atoms with Crippen molar-refractivity contribution >= 4 is 32.9 Å². The highest BCUT2D eigenvalue weighted by atomic mass is 32.2. The van der Waals surface area contributed by atoms with Crippen molar-refractivity contribution in [1.29, 1.82) is 0 Å². The van der Waals surface area contributed by atoms with E-state index in [0.717, 1.165) is 32.1 Å². The highest BCUT2D eigenvalue weighted by Crippen LogP contribution is 2.39. The molecular weight excluding hydrogens is 439 g/mol. The topological polar surface area (TPSA) is 125 Å². The number of benzene rings is 1. The first-order valence-corrected chi connectivity index (χ1v) is 11.2. The summed E-state index contributed by atoms with van der Waals surface area (Å²) in [6.45, 7) is 2.08. The number of H-pyrrole nitrogens is 1. The molecule has 32 heavy (non-hydrogen) atoms. The van der Waals surface area contributed by atoms with E-state index in [1.54, 1.807) is 29.1 Å². The van der Waals surface area contributed by atoms with Gasteiger partial charge in [-0.1, -0.05) is 6.08 Å². The van der Waals surface area contributed by atoms with Gasteiger partial charge >= 0.3 is 16.3 Å². The Morgan fingerprint density at radius 1 is 1.31 bits per heavy atom. The number of aromatic nitrogens is 2. The minimum absolute atomic E-state index is 0.0325. The number of nitrogens with one attached hydrogen (secondary N) is 2. The van der Waals surface area contributed by atoms with Crippen LogP contribution in [0.3, 0.4) is 0 Å². The van der Waals surface area contributed by atoms with E-state index in [-0.39, 0.29) is 18.9 Å². The molecule has 0 atom stereocenters. The fourth-order valence-corrected chi connectivity index (χ4v) is 4.93. The summed E-state index contributed by atoms with van der Waals surface area (Å²) in [5, 5.41) is 9.54. The highest BCUT2D eigenvalue weighted by molar-refractivity contribution is 7.87. The molecule has 0 saturated carbocycles. The van der Waals surface area contributed by atoms with Gasteiger partial charge in [-0.2, -0.15) is 12.7 Å². The number of fused-ring (bicyclic) bond motifs is 1. The van der Waals surface area contributed by atoms with Crippen molar-refractivity contribution < 1.29 is 27.4 Å². The maximum absolute atomic E-state index is 14.0. The number of methoxy groups -OCH3 is 1. The molecule has 168 valence electrons. The Morgan fingerprint density at radius 2 is 2.09 bits per heavy atom. The van der Waals surface area contributed by atoms with Gasteiger partial charge in [0.25, 0.3) is 0 Å². The monoisotopic (exact) mass is 460 g/mol. The van der Waals surface area contributed by atoms with Crippen molar-refractivity contribution in [2.24, 2.45) is 0 Å². The lowest BCUT2D eigenvalue weighted by Gasteiger charge is -2.25. The molecule has 0 spiro atoms. The van der Waals surface area contributed by atoms with Crippen LogP contribution in [0.25, 0.3) is 27.7 Å². The molecule has 0 aliphatic carbocycles. The SMILES string of the molecule is COc1ccc(F)cc1-c1ccnc2[nH]c(C3=CCN(S(=O)(=O)NC(=O)O)CC3)c(C)c12. The molecule has 2 aromatic heterocycles. The standard InChI is InChI=1S/C21H21FN4O5S/c1-12-18-15(16-11-14(22)3-4-17(16)31-2)5-8-23-20(18)24-19(12)13-6-9-26(10-7-13)32(29,30)25-21(27)28/h3-6,8,11,25H,7,9-10H2,1-2H3,(H,23,24)(H,27,28). The van der Waals surface area contributed by atoms with Gasteiger partial charge in [0.05, 0.1) is 7.11 Å². The van der Waals surface area contributed by atoms with Crippen LogP contribution in [-0.2, 0) is 10.2 Å². The number of hydrogen-bond donors (Lipinski definition) is 3. The van der Waals surface area contributed by atoms with Gasteiger partial charge in [-0.15, -0.1) is 0 Å². The molecule has 0 unspecified atom stereocenters. The van der Waals surface area contributed by atoms with Crippen LogP contribution < -0.4 is 9.46 Å². The first-order chi connectivity index (χ1) is 15.2. The van der Waals surface area contributed by atoms with Crippen LogP contribution in [0.4, 0.5) is 9.18 Å². The summed E-state index contributed by atoms with van der Waals surface area (Å²) in [7, 11) is -2.59. The average Bonchev–Trinajstić information content (AvgIpc) is 3.09. The Hall–Kier alpha value is -3.44. The van der Waals surface area contributed by atoms with Crippen LogP contribution >= 0.6 is 0 Å². The second-order valence-corrected chi connectivity index (χ2v) is 8.97. The van der Waals surface area contributed by atoms with Gasteiger partial charge in [0.1, 0.15) is 17.2 Å². The van der Waals surface area contributed by atoms with Gasteiger partial charge in [0, 0.05) is 35.9 Å². The number of ether oxygens (including phenoxy) is 1. The van der Waals surface area contributed by atoms with Gasteiger partial charge in [-0.3, -0.25) is 0 Å². The van der Waals surface area contributed by atoms with E-state index in [9.17, 15) is 17.6 Å². The minimum Gasteiger partial charge on any atom is -0.496 e. The number of nitrogens with zero attached hydrogens (tertiary/aromatic N) is 2. The Bertz CT molecular complexity index is 1350. The van der Waals surface area contributed by atoms with Crippen molar-refractivity contribution in [1.82, 2.24) is 19.0 Å². The zero-order chi connectivity index (χ0) is 23.0. The van der Waals surface area contributed by atoms with Crippen molar-refractivity contribution in [3.63, 3.8) is 0 Å². The Balaban J connectivity index is 1.75. The molecule has 1 aromatic carbocycles. The lowest BCUT2D eigenvalue weighted by Crippen LogP contribution is -2.44. The molecule has 0 radical (unpaired) electrons. The van der Waals surface area contributed by atoms with Crippen LogP contribution in [0.1, 0.15) is 17.7 Å². The van der Waals surface area contributed by atoms with Crippen molar-refractivity contribution in [3.05, 3.63) is 53.6 Å². The first kappa shape index (κ1) is 21.8. The van der Waals surface area contributed by atoms with E-state index in [1.165, 1.54) is 19.2 Å². The van der Waals surface area contributed by atoms with Crippen LogP contribution in [0.5, 0.6) is 5.75 Å². The second kappa shape index (κ2) is 8.24. The third kappa shape index (κ3) is 3.92. The molecule has 0 saturated heterocycles. The normalized spacial score (nSPS) is 14.9. The molecule has 1 amide bonds. The summed E-state index contributed by atoms with van der Waals surface area (Å²) < 4.78 is 46.2. The third-order valence-electron chi connectivity index (χ3n) is 5.45. The van der Waals surface area contributed by atoms with E-state index in [1.807, 2.05) is 6.92 Å². The molecule has 0 fully saturated rings. The molecule has 3 aromatic rings. The predicted octanol–water partition coefficient (Wildman–Crippen LogP) is 3.29. The molecule has 1 aliphatic heterocycles. The number of aryl methyl sites for hydroxylation is 1. The molecular formula is C21H21FN4O5S. The number of carboxylic acid groups (broad SMARTS) is 1. The number of hydrogen-bond acceptors (Lipinski definition) is 5. The largest absolute Gasteiger partial charge is 0.496 e. The van der Waals surface area contributed by atoms with E-state index in [0.29, 0.717) is 23.4 Å². The second-order valence-electron chi connectivity index (χ2n) is 7.30. The zero-order valence-electron chi connectivity index (χ0n) is 17.3. The third-order valence-corrected chi connectivity index (χ3v) is 6.89. The van der Waals surface area contributed by atoms with Crippen LogP contribution in [0.2, 0.25) is 0 Å². The number of rotatable bonds is 5. The molecule has 3 heterocycles. The van der Waals surface area contributed by atoms with Crippen LogP contribution in [0.15, 0.2) is 36.5 Å². The Kier molecular flexibility index (Phi) is 5.61. The maximum atomic E-state index is 14.0. The Morgan fingerprint density at radius 3 is 2.75 bits per heavy atom. The highest BCUT2D eigenvalue weighted by Gasteiger charge is 2.27. The molecule has 3 N–H and O–H groups in total. The quantitative estimate of drug-likeness (QED) is 0.537. The number of aromatic amines is 1. The summed E-state index contributed by atoms with van der Waals surface area (Å²) in [4.78, 5) is 18.4. The summed E-state index contributed by atoms with van der Waals surface area (Å²) in [5.74, 6) is 0.148.